The Morgan fingerprint density at radius 3 is 2.14 bits per heavy atom. The first kappa shape index (κ1) is 18.1. The fourth-order valence-electron chi connectivity index (χ4n) is 2.53. The SMILES string of the molecule is COc1ccc(-c2cc(CSc3nnc(-c4ccc(OC)cc4)o3)on2)cc1. The molecule has 2 aromatic carbocycles. The topological polar surface area (TPSA) is 83.4 Å². The minimum atomic E-state index is 0.460. The number of nitrogens with zero attached hydrogens (tertiary/aromatic N) is 3. The van der Waals surface area contributed by atoms with Crippen LogP contribution in [0.5, 0.6) is 11.5 Å². The zero-order valence-electron chi connectivity index (χ0n) is 15.3. The Labute approximate surface area is 165 Å². The van der Waals surface area contributed by atoms with Crippen LogP contribution in [0.4, 0.5) is 0 Å². The number of methoxy groups -OCH3 is 2. The van der Waals surface area contributed by atoms with Crippen LogP contribution < -0.4 is 9.47 Å². The number of ether oxygens (including phenoxy) is 2. The molecule has 2 aromatic heterocycles. The molecule has 0 spiro atoms. The largest absolute Gasteiger partial charge is 0.497 e. The van der Waals surface area contributed by atoms with E-state index in [2.05, 4.69) is 15.4 Å². The number of hydrogen-bond donors (Lipinski definition) is 0. The van der Waals surface area contributed by atoms with Gasteiger partial charge in [0, 0.05) is 17.2 Å². The molecule has 0 radical (unpaired) electrons. The molecule has 8 heteroatoms. The smallest absolute Gasteiger partial charge is 0.277 e. The van der Waals surface area contributed by atoms with Crippen molar-refractivity contribution in [3.05, 3.63) is 60.4 Å². The molecule has 0 unspecified atom stereocenters. The maximum absolute atomic E-state index is 5.71. The molecular formula is C20H17N3O4S. The predicted octanol–water partition coefficient (Wildman–Crippen LogP) is 4.70. The second kappa shape index (κ2) is 8.18. The molecule has 0 aliphatic rings. The van der Waals surface area contributed by atoms with Gasteiger partial charge in [-0.25, -0.2) is 0 Å². The van der Waals surface area contributed by atoms with Crippen LogP contribution in [0.15, 0.2) is 68.8 Å². The average molecular weight is 395 g/mol. The van der Waals surface area contributed by atoms with Crippen LogP contribution in [0.25, 0.3) is 22.7 Å². The fourth-order valence-corrected chi connectivity index (χ4v) is 3.17. The van der Waals surface area contributed by atoms with E-state index in [1.165, 1.54) is 11.8 Å². The van der Waals surface area contributed by atoms with E-state index in [9.17, 15) is 0 Å². The molecule has 0 saturated heterocycles. The highest BCUT2D eigenvalue weighted by Crippen LogP contribution is 2.28. The van der Waals surface area contributed by atoms with E-state index < -0.39 is 0 Å². The first-order valence-corrected chi connectivity index (χ1v) is 9.44. The van der Waals surface area contributed by atoms with Crippen LogP contribution in [0.3, 0.4) is 0 Å². The van der Waals surface area contributed by atoms with E-state index in [1.54, 1.807) is 14.2 Å². The van der Waals surface area contributed by atoms with Gasteiger partial charge < -0.3 is 18.4 Å². The first-order chi connectivity index (χ1) is 13.7. The summed E-state index contributed by atoms with van der Waals surface area (Å²) in [5.74, 6) is 3.29. The standard InChI is InChI=1S/C20H17N3O4S/c1-24-15-7-3-13(4-8-15)18-11-17(27-23-18)12-28-20-22-21-19(26-20)14-5-9-16(25-2)10-6-14/h3-11H,12H2,1-2H3. The monoisotopic (exact) mass is 395 g/mol. The van der Waals surface area contributed by atoms with Crippen molar-refractivity contribution in [2.75, 3.05) is 14.2 Å². The summed E-state index contributed by atoms with van der Waals surface area (Å²) in [6.45, 7) is 0. The quantitative estimate of drug-likeness (QED) is 0.416. The van der Waals surface area contributed by atoms with Gasteiger partial charge >= 0.3 is 0 Å². The average Bonchev–Trinajstić information content (AvgIpc) is 3.42. The van der Waals surface area contributed by atoms with Crippen LogP contribution in [-0.2, 0) is 5.75 Å². The Kier molecular flexibility index (Phi) is 5.29. The fraction of sp³-hybridized carbons (Fsp3) is 0.150. The lowest BCUT2D eigenvalue weighted by Crippen LogP contribution is -1.82. The Bertz CT molecular complexity index is 956. The van der Waals surface area contributed by atoms with Crippen molar-refractivity contribution in [2.45, 2.75) is 11.0 Å². The summed E-state index contributed by atoms with van der Waals surface area (Å²) in [6.07, 6.45) is 0. The van der Waals surface area contributed by atoms with Gasteiger partial charge in [0.1, 0.15) is 23.0 Å². The summed E-state index contributed by atoms with van der Waals surface area (Å²) in [6, 6.07) is 17.0. The van der Waals surface area contributed by atoms with Gasteiger partial charge in [0.2, 0.25) is 5.89 Å². The highest BCUT2D eigenvalue weighted by Gasteiger charge is 2.12. The van der Waals surface area contributed by atoms with Crippen molar-refractivity contribution in [3.8, 4) is 34.2 Å². The Hall–Kier alpha value is -3.26. The second-order valence-corrected chi connectivity index (χ2v) is 6.72. The van der Waals surface area contributed by atoms with E-state index in [-0.39, 0.29) is 0 Å². The van der Waals surface area contributed by atoms with Gasteiger partial charge in [0.05, 0.1) is 20.0 Å². The van der Waals surface area contributed by atoms with Crippen LogP contribution in [-0.4, -0.2) is 29.6 Å². The lowest BCUT2D eigenvalue weighted by Gasteiger charge is -1.99. The molecule has 0 bridgehead atoms. The third-order valence-corrected chi connectivity index (χ3v) is 4.87. The van der Waals surface area contributed by atoms with Crippen molar-refractivity contribution in [2.24, 2.45) is 0 Å². The second-order valence-electron chi connectivity index (χ2n) is 5.80. The molecule has 0 amide bonds. The number of rotatable bonds is 7. The van der Waals surface area contributed by atoms with E-state index in [0.717, 1.165) is 34.1 Å². The third kappa shape index (κ3) is 4.01. The zero-order chi connectivity index (χ0) is 19.3. The number of thioether (sulfide) groups is 1. The number of hydrogen-bond acceptors (Lipinski definition) is 8. The van der Waals surface area contributed by atoms with Crippen LogP contribution in [0, 0.1) is 0 Å². The van der Waals surface area contributed by atoms with Crippen LogP contribution in [0.1, 0.15) is 5.76 Å². The molecule has 0 atom stereocenters. The molecule has 0 aliphatic carbocycles. The Morgan fingerprint density at radius 1 is 0.857 bits per heavy atom. The third-order valence-electron chi connectivity index (χ3n) is 4.03. The summed E-state index contributed by atoms with van der Waals surface area (Å²) in [4.78, 5) is 0. The first-order valence-electron chi connectivity index (χ1n) is 8.46. The normalized spacial score (nSPS) is 10.8. The van der Waals surface area contributed by atoms with Crippen molar-refractivity contribution < 1.29 is 18.4 Å². The summed E-state index contributed by atoms with van der Waals surface area (Å²) >= 11 is 1.39. The van der Waals surface area contributed by atoms with Gasteiger partial charge in [0.15, 0.2) is 0 Å². The number of aromatic nitrogens is 3. The highest BCUT2D eigenvalue weighted by molar-refractivity contribution is 7.98. The number of benzene rings is 2. The Balaban J connectivity index is 1.39. The summed E-state index contributed by atoms with van der Waals surface area (Å²) < 4.78 is 21.4. The summed E-state index contributed by atoms with van der Waals surface area (Å²) in [7, 11) is 3.26. The lowest BCUT2D eigenvalue weighted by molar-refractivity contribution is 0.396. The minimum absolute atomic E-state index is 0.460. The molecule has 142 valence electrons. The van der Waals surface area contributed by atoms with E-state index >= 15 is 0 Å². The molecule has 0 aliphatic heterocycles. The maximum atomic E-state index is 5.71. The highest BCUT2D eigenvalue weighted by atomic mass is 32.2. The molecule has 7 nitrogen and oxygen atoms in total. The van der Waals surface area contributed by atoms with Gasteiger partial charge in [-0.05, 0) is 48.5 Å². The van der Waals surface area contributed by atoms with Gasteiger partial charge in [-0.3, -0.25) is 0 Å². The zero-order valence-corrected chi connectivity index (χ0v) is 16.1. The summed E-state index contributed by atoms with van der Waals surface area (Å²) in [5.41, 5.74) is 2.56. The molecule has 0 N–H and O–H groups in total. The minimum Gasteiger partial charge on any atom is -0.497 e. The van der Waals surface area contributed by atoms with E-state index in [4.69, 9.17) is 18.4 Å². The summed E-state index contributed by atoms with van der Waals surface area (Å²) in [5, 5.41) is 12.7. The molecular weight excluding hydrogens is 378 g/mol. The van der Waals surface area contributed by atoms with Crippen molar-refractivity contribution in [3.63, 3.8) is 0 Å². The molecule has 0 fully saturated rings. The van der Waals surface area contributed by atoms with E-state index in [1.807, 2.05) is 54.6 Å². The van der Waals surface area contributed by atoms with Crippen molar-refractivity contribution >= 4 is 11.8 Å². The van der Waals surface area contributed by atoms with Crippen LogP contribution in [0.2, 0.25) is 0 Å². The van der Waals surface area contributed by atoms with Gasteiger partial charge in [-0.1, -0.05) is 16.9 Å². The van der Waals surface area contributed by atoms with E-state index in [0.29, 0.717) is 16.9 Å². The lowest BCUT2D eigenvalue weighted by atomic mass is 10.1. The molecule has 4 rings (SSSR count). The van der Waals surface area contributed by atoms with Crippen LogP contribution >= 0.6 is 11.8 Å². The van der Waals surface area contributed by atoms with Crippen molar-refractivity contribution in [1.29, 1.82) is 0 Å². The maximum Gasteiger partial charge on any atom is 0.277 e. The van der Waals surface area contributed by atoms with Gasteiger partial charge in [-0.2, -0.15) is 0 Å². The molecule has 2 heterocycles. The predicted molar refractivity (Wildman–Crippen MR) is 104 cm³/mol. The Morgan fingerprint density at radius 2 is 1.50 bits per heavy atom. The molecule has 28 heavy (non-hydrogen) atoms. The van der Waals surface area contributed by atoms with Gasteiger partial charge in [-0.15, -0.1) is 10.2 Å². The van der Waals surface area contributed by atoms with Crippen molar-refractivity contribution in [1.82, 2.24) is 15.4 Å². The molecule has 0 saturated carbocycles. The van der Waals surface area contributed by atoms with Gasteiger partial charge in [0.25, 0.3) is 5.22 Å². The molecule has 4 aromatic rings.